The first kappa shape index (κ1) is 20.6. The van der Waals surface area contributed by atoms with Crippen LogP contribution in [0.2, 0.25) is 0 Å². The van der Waals surface area contributed by atoms with E-state index in [2.05, 4.69) is 20.9 Å². The molecule has 9 heteroatoms. The van der Waals surface area contributed by atoms with Gasteiger partial charge < -0.3 is 9.84 Å². The van der Waals surface area contributed by atoms with Crippen LogP contribution in [0.5, 0.6) is 5.88 Å². The first-order valence-electron chi connectivity index (χ1n) is 9.01. The lowest BCUT2D eigenvalue weighted by atomic mass is 10.1. The number of fused-ring (bicyclic) bond motifs is 1. The molecule has 2 aromatic carbocycles. The molecule has 1 amide bonds. The van der Waals surface area contributed by atoms with Crippen molar-refractivity contribution in [1.82, 2.24) is 4.57 Å². The third-order valence-electron chi connectivity index (χ3n) is 4.59. The van der Waals surface area contributed by atoms with Gasteiger partial charge in [-0.3, -0.25) is 9.36 Å². The maximum atomic E-state index is 12.8. The molecule has 1 aliphatic rings. The van der Waals surface area contributed by atoms with Crippen molar-refractivity contribution in [3.05, 3.63) is 78.0 Å². The van der Waals surface area contributed by atoms with E-state index in [4.69, 9.17) is 17.0 Å². The standard InChI is InChI=1S/C21H15BrN2O4S2/c1-2-28-20(27)16(11-6-4-3-5-7-11)24-19(26)17(30-21(24)29)15-13-10-12(22)8-9-14(13)23-18(15)25/h3-10,16,26H,2H2,1H3. The molecular formula is C21H15BrN2O4S2. The predicted octanol–water partition coefficient (Wildman–Crippen LogP) is 3.26. The number of carbonyl (C=O) groups excluding carboxylic acids is 2. The molecule has 3 aromatic rings. The van der Waals surface area contributed by atoms with E-state index < -0.39 is 17.9 Å². The van der Waals surface area contributed by atoms with Gasteiger partial charge in [-0.2, -0.15) is 0 Å². The number of carbonyl (C=O) groups is 2. The fourth-order valence-corrected chi connectivity index (χ4v) is 5.08. The smallest absolute Gasteiger partial charge is 0.333 e. The zero-order valence-electron chi connectivity index (χ0n) is 15.7. The SMILES string of the molecule is CCOC(=O)C(c1ccccc1)n1c(O)c(C2=c3cc(Br)ccc3=NC2=O)sc1=S. The van der Waals surface area contributed by atoms with Gasteiger partial charge in [0.25, 0.3) is 5.91 Å². The van der Waals surface area contributed by atoms with Crippen molar-refractivity contribution >= 4 is 56.9 Å². The molecular weight excluding hydrogens is 488 g/mol. The fraction of sp³-hybridized carbons (Fsp3) is 0.143. The number of aromatic hydroxyl groups is 1. The van der Waals surface area contributed by atoms with Gasteiger partial charge in [-0.05, 0) is 42.9 Å². The number of halogens is 1. The number of esters is 1. The molecule has 152 valence electrons. The monoisotopic (exact) mass is 502 g/mol. The molecule has 4 rings (SSSR count). The Morgan fingerprint density at radius 1 is 1.30 bits per heavy atom. The van der Waals surface area contributed by atoms with Gasteiger partial charge in [-0.1, -0.05) is 46.3 Å². The highest BCUT2D eigenvalue weighted by Crippen LogP contribution is 2.37. The van der Waals surface area contributed by atoms with Crippen molar-refractivity contribution in [3.63, 3.8) is 0 Å². The Kier molecular flexibility index (Phi) is 5.68. The molecule has 1 aliphatic heterocycles. The van der Waals surface area contributed by atoms with Gasteiger partial charge in [0.1, 0.15) is 4.88 Å². The van der Waals surface area contributed by atoms with Gasteiger partial charge in [0.05, 0.1) is 17.5 Å². The third-order valence-corrected chi connectivity index (χ3v) is 6.49. The highest BCUT2D eigenvalue weighted by molar-refractivity contribution is 9.10. The molecule has 0 radical (unpaired) electrons. The second-order valence-electron chi connectivity index (χ2n) is 6.41. The average Bonchev–Trinajstić information content (AvgIpc) is 3.19. The zero-order valence-corrected chi connectivity index (χ0v) is 18.9. The molecule has 0 saturated carbocycles. The van der Waals surface area contributed by atoms with E-state index in [-0.39, 0.29) is 26.9 Å². The molecule has 1 aromatic heterocycles. The third kappa shape index (κ3) is 3.53. The van der Waals surface area contributed by atoms with Gasteiger partial charge in [0, 0.05) is 9.69 Å². The van der Waals surface area contributed by atoms with Crippen LogP contribution in [0, 0.1) is 3.95 Å². The van der Waals surface area contributed by atoms with Gasteiger partial charge in [-0.25, -0.2) is 9.79 Å². The van der Waals surface area contributed by atoms with Crippen LogP contribution >= 0.6 is 39.5 Å². The van der Waals surface area contributed by atoms with E-state index in [1.807, 2.05) is 6.07 Å². The summed E-state index contributed by atoms with van der Waals surface area (Å²) in [5.41, 5.74) is 0.872. The summed E-state index contributed by atoms with van der Waals surface area (Å²) < 4.78 is 7.59. The Labute approximate surface area is 188 Å². The number of thiazole rings is 1. The average molecular weight is 503 g/mol. The Balaban J connectivity index is 1.96. The largest absolute Gasteiger partial charge is 0.493 e. The lowest BCUT2D eigenvalue weighted by Crippen LogP contribution is -2.24. The van der Waals surface area contributed by atoms with Crippen LogP contribution in [-0.2, 0) is 14.3 Å². The normalized spacial score (nSPS) is 13.7. The number of aromatic nitrogens is 1. The van der Waals surface area contributed by atoms with Crippen LogP contribution in [0.1, 0.15) is 23.4 Å². The van der Waals surface area contributed by atoms with Crippen LogP contribution < -0.4 is 10.6 Å². The number of benzene rings is 2. The Hall–Kier alpha value is -2.62. The van der Waals surface area contributed by atoms with Crippen LogP contribution in [-0.4, -0.2) is 28.2 Å². The summed E-state index contributed by atoms with van der Waals surface area (Å²) in [6.07, 6.45) is 0. The fourth-order valence-electron chi connectivity index (χ4n) is 3.32. The van der Waals surface area contributed by atoms with Crippen LogP contribution in [0.15, 0.2) is 58.0 Å². The highest BCUT2D eigenvalue weighted by Gasteiger charge is 2.32. The number of hydrogen-bond donors (Lipinski definition) is 1. The van der Waals surface area contributed by atoms with Crippen LogP contribution in [0.4, 0.5) is 0 Å². The minimum absolute atomic E-state index is 0.184. The number of rotatable bonds is 5. The number of hydrogen-bond acceptors (Lipinski definition) is 6. The van der Waals surface area contributed by atoms with Gasteiger partial charge >= 0.3 is 5.97 Å². The minimum Gasteiger partial charge on any atom is -0.493 e. The summed E-state index contributed by atoms with van der Waals surface area (Å²) in [7, 11) is 0. The summed E-state index contributed by atoms with van der Waals surface area (Å²) in [6.45, 7) is 1.89. The van der Waals surface area contributed by atoms with Crippen molar-refractivity contribution in [2.24, 2.45) is 4.99 Å². The second kappa shape index (κ2) is 8.25. The van der Waals surface area contributed by atoms with Crippen molar-refractivity contribution in [3.8, 4) is 5.88 Å². The van der Waals surface area contributed by atoms with E-state index >= 15 is 0 Å². The maximum absolute atomic E-state index is 12.8. The lowest BCUT2D eigenvalue weighted by molar-refractivity contribution is -0.145. The molecule has 6 nitrogen and oxygen atoms in total. The molecule has 1 N–H and O–H groups in total. The highest BCUT2D eigenvalue weighted by atomic mass is 79.9. The summed E-state index contributed by atoms with van der Waals surface area (Å²) in [5, 5.41) is 12.2. The number of nitrogens with zero attached hydrogens (tertiary/aromatic N) is 2. The van der Waals surface area contributed by atoms with Gasteiger partial charge in [0.2, 0.25) is 5.88 Å². The molecule has 1 atom stereocenters. The quantitative estimate of drug-likeness (QED) is 0.427. The summed E-state index contributed by atoms with van der Waals surface area (Å²) in [4.78, 5) is 29.8. The lowest BCUT2D eigenvalue weighted by Gasteiger charge is -2.18. The van der Waals surface area contributed by atoms with Crippen molar-refractivity contribution in [1.29, 1.82) is 0 Å². The maximum Gasteiger partial charge on any atom is 0.333 e. The predicted molar refractivity (Wildman–Crippen MR) is 118 cm³/mol. The molecule has 2 heterocycles. The van der Waals surface area contributed by atoms with E-state index in [0.717, 1.165) is 15.8 Å². The minimum atomic E-state index is -0.973. The van der Waals surface area contributed by atoms with Crippen LogP contribution in [0.3, 0.4) is 0 Å². The first-order valence-corrected chi connectivity index (χ1v) is 11.0. The van der Waals surface area contributed by atoms with Crippen molar-refractivity contribution in [2.45, 2.75) is 13.0 Å². The second-order valence-corrected chi connectivity index (χ2v) is 8.97. The zero-order chi connectivity index (χ0) is 21.4. The topological polar surface area (TPSA) is 80.9 Å². The summed E-state index contributed by atoms with van der Waals surface area (Å²) in [6, 6.07) is 13.2. The molecule has 1 unspecified atom stereocenters. The number of ether oxygens (including phenoxy) is 1. The van der Waals surface area contributed by atoms with E-state index in [1.54, 1.807) is 49.4 Å². The molecule has 0 spiro atoms. The first-order chi connectivity index (χ1) is 14.4. The molecule has 0 fully saturated rings. The number of amides is 1. The Morgan fingerprint density at radius 3 is 2.73 bits per heavy atom. The molecule has 0 bridgehead atoms. The summed E-state index contributed by atoms with van der Waals surface area (Å²) in [5.74, 6) is -1.28. The van der Waals surface area contributed by atoms with E-state index in [9.17, 15) is 14.7 Å². The molecule has 30 heavy (non-hydrogen) atoms. The molecule has 0 saturated heterocycles. The van der Waals surface area contributed by atoms with Gasteiger partial charge in [0.15, 0.2) is 10.00 Å². The Morgan fingerprint density at radius 2 is 2.03 bits per heavy atom. The van der Waals surface area contributed by atoms with Crippen molar-refractivity contribution < 1.29 is 19.4 Å². The van der Waals surface area contributed by atoms with Crippen molar-refractivity contribution in [2.75, 3.05) is 6.61 Å². The molecule has 0 aliphatic carbocycles. The van der Waals surface area contributed by atoms with E-state index in [0.29, 0.717) is 16.1 Å². The Bertz CT molecular complexity index is 1350. The van der Waals surface area contributed by atoms with Gasteiger partial charge in [-0.15, -0.1) is 11.3 Å². The van der Waals surface area contributed by atoms with E-state index in [1.165, 1.54) is 4.57 Å². The van der Waals surface area contributed by atoms with Crippen LogP contribution in [0.25, 0.3) is 5.57 Å². The summed E-state index contributed by atoms with van der Waals surface area (Å²) >= 11 is 9.95.